The van der Waals surface area contributed by atoms with Crippen LogP contribution >= 0.6 is 0 Å². The van der Waals surface area contributed by atoms with E-state index >= 15 is 0 Å². The number of rotatable bonds is 5. The molecule has 0 bridgehead atoms. The van der Waals surface area contributed by atoms with Gasteiger partial charge in [0.05, 0.1) is 18.0 Å². The fourth-order valence-electron chi connectivity index (χ4n) is 3.31. The third-order valence-electron chi connectivity index (χ3n) is 4.49. The van der Waals surface area contributed by atoms with Crippen molar-refractivity contribution < 1.29 is 17.6 Å². The van der Waals surface area contributed by atoms with Crippen molar-refractivity contribution >= 4 is 21.6 Å². The summed E-state index contributed by atoms with van der Waals surface area (Å²) in [6, 6.07) is 13.0. The second kappa shape index (κ2) is 7.45. The molecule has 0 fully saturated rings. The van der Waals surface area contributed by atoms with Gasteiger partial charge in [0.1, 0.15) is 12.4 Å². The maximum atomic E-state index is 13.5. The Bertz CT molecular complexity index is 915. The lowest BCUT2D eigenvalue weighted by molar-refractivity contribution is -0.120. The van der Waals surface area contributed by atoms with Crippen molar-refractivity contribution in [3.8, 4) is 0 Å². The topological polar surface area (TPSA) is 66.5 Å². The van der Waals surface area contributed by atoms with Crippen molar-refractivity contribution in [3.63, 3.8) is 0 Å². The van der Waals surface area contributed by atoms with E-state index in [1.807, 2.05) is 24.3 Å². The number of halogens is 1. The van der Waals surface area contributed by atoms with E-state index in [4.69, 9.17) is 0 Å². The van der Waals surface area contributed by atoms with Gasteiger partial charge in [-0.15, -0.1) is 0 Å². The van der Waals surface area contributed by atoms with E-state index in [-0.39, 0.29) is 18.3 Å². The van der Waals surface area contributed by atoms with Crippen LogP contribution in [-0.4, -0.2) is 27.1 Å². The number of nitrogens with zero attached hydrogens (tertiary/aromatic N) is 1. The molecular formula is C19H21FN2O3S. The highest BCUT2D eigenvalue weighted by Gasteiger charge is 2.25. The first-order chi connectivity index (χ1) is 12.3. The van der Waals surface area contributed by atoms with Crippen molar-refractivity contribution in [2.75, 3.05) is 17.1 Å². The van der Waals surface area contributed by atoms with Gasteiger partial charge in [-0.1, -0.05) is 30.3 Å². The van der Waals surface area contributed by atoms with Crippen molar-refractivity contribution in [3.05, 3.63) is 65.5 Å². The van der Waals surface area contributed by atoms with Crippen LogP contribution in [-0.2, 0) is 21.2 Å². The number of carbonyl (C=O) groups is 1. The number of anilines is 1. The minimum Gasteiger partial charge on any atom is -0.348 e. The molecule has 0 saturated carbocycles. The van der Waals surface area contributed by atoms with Crippen molar-refractivity contribution in [1.29, 1.82) is 0 Å². The number of benzene rings is 2. The lowest BCUT2D eigenvalue weighted by Gasteiger charge is -2.28. The standard InChI is InChI=1S/C19H21FN2O3S/c1-26(24,25)22(16-9-5-8-15(20)12-16)13-19(23)21-18-11-4-7-14-6-2-3-10-17(14)18/h2-3,5-6,8-10,12,18H,4,7,11,13H2,1H3,(H,21,23)/t18-/m1/s1. The van der Waals surface area contributed by atoms with Crippen LogP contribution in [0.3, 0.4) is 0 Å². The highest BCUT2D eigenvalue weighted by Crippen LogP contribution is 2.29. The Balaban J connectivity index is 1.77. The first kappa shape index (κ1) is 18.4. The summed E-state index contributed by atoms with van der Waals surface area (Å²) in [5.41, 5.74) is 2.41. The van der Waals surface area contributed by atoms with Crippen LogP contribution in [0.15, 0.2) is 48.5 Å². The molecule has 0 aromatic heterocycles. The highest BCUT2D eigenvalue weighted by molar-refractivity contribution is 7.92. The first-order valence-corrected chi connectivity index (χ1v) is 10.3. The number of aryl methyl sites for hydroxylation is 1. The van der Waals surface area contributed by atoms with Gasteiger partial charge >= 0.3 is 0 Å². The first-order valence-electron chi connectivity index (χ1n) is 8.45. The number of nitrogens with one attached hydrogen (secondary N) is 1. The normalized spacial score (nSPS) is 16.6. The van der Waals surface area contributed by atoms with Gasteiger partial charge in [0.25, 0.3) is 0 Å². The maximum absolute atomic E-state index is 13.5. The SMILES string of the molecule is CS(=O)(=O)N(CC(=O)N[C@@H]1CCCc2ccccc21)c1cccc(F)c1. The van der Waals surface area contributed by atoms with Crippen LogP contribution in [0.2, 0.25) is 0 Å². The Kier molecular flexibility index (Phi) is 5.27. The number of sulfonamides is 1. The summed E-state index contributed by atoms with van der Waals surface area (Å²) in [5.74, 6) is -0.973. The molecule has 5 nitrogen and oxygen atoms in total. The highest BCUT2D eigenvalue weighted by atomic mass is 32.2. The number of carbonyl (C=O) groups excluding carboxylic acids is 1. The Hall–Kier alpha value is -2.41. The Morgan fingerprint density at radius 3 is 2.73 bits per heavy atom. The van der Waals surface area contributed by atoms with E-state index < -0.39 is 21.7 Å². The fraction of sp³-hybridized carbons (Fsp3) is 0.316. The Labute approximate surface area is 152 Å². The van der Waals surface area contributed by atoms with Gasteiger partial charge in [-0.05, 0) is 48.6 Å². The van der Waals surface area contributed by atoms with E-state index in [0.717, 1.165) is 41.5 Å². The molecule has 0 radical (unpaired) electrons. The molecule has 2 aromatic carbocycles. The Morgan fingerprint density at radius 2 is 2.00 bits per heavy atom. The summed E-state index contributed by atoms with van der Waals surface area (Å²) in [7, 11) is -3.73. The van der Waals surface area contributed by atoms with Gasteiger partial charge in [-0.2, -0.15) is 0 Å². The van der Waals surface area contributed by atoms with Gasteiger partial charge in [-0.3, -0.25) is 9.10 Å². The summed E-state index contributed by atoms with van der Waals surface area (Å²) in [6.45, 7) is -0.388. The molecule has 0 aliphatic heterocycles. The second-order valence-corrected chi connectivity index (χ2v) is 8.37. The maximum Gasteiger partial charge on any atom is 0.241 e. The zero-order valence-electron chi connectivity index (χ0n) is 14.5. The fourth-order valence-corrected chi connectivity index (χ4v) is 4.15. The molecule has 0 heterocycles. The molecule has 0 unspecified atom stereocenters. The minimum absolute atomic E-state index is 0.131. The molecule has 7 heteroatoms. The van der Waals surface area contributed by atoms with Crippen LogP contribution in [0.1, 0.15) is 30.0 Å². The van der Waals surface area contributed by atoms with Crippen LogP contribution in [0, 0.1) is 5.82 Å². The summed E-state index contributed by atoms with van der Waals surface area (Å²) >= 11 is 0. The molecule has 2 aromatic rings. The number of hydrogen-bond acceptors (Lipinski definition) is 3. The molecule has 138 valence electrons. The van der Waals surface area contributed by atoms with Gasteiger partial charge in [0.2, 0.25) is 15.9 Å². The third-order valence-corrected chi connectivity index (χ3v) is 5.63. The zero-order chi connectivity index (χ0) is 18.7. The van der Waals surface area contributed by atoms with Crippen LogP contribution < -0.4 is 9.62 Å². The van der Waals surface area contributed by atoms with E-state index in [0.29, 0.717) is 0 Å². The molecule has 1 aliphatic carbocycles. The largest absolute Gasteiger partial charge is 0.348 e. The smallest absolute Gasteiger partial charge is 0.241 e. The lowest BCUT2D eigenvalue weighted by Crippen LogP contribution is -2.42. The number of hydrogen-bond donors (Lipinski definition) is 1. The minimum atomic E-state index is -3.73. The van der Waals surface area contributed by atoms with Crippen LogP contribution in [0.4, 0.5) is 10.1 Å². The second-order valence-electron chi connectivity index (χ2n) is 6.46. The predicted molar refractivity (Wildman–Crippen MR) is 98.9 cm³/mol. The average Bonchev–Trinajstić information content (AvgIpc) is 2.59. The van der Waals surface area contributed by atoms with Crippen LogP contribution in [0.5, 0.6) is 0 Å². The number of fused-ring (bicyclic) bond motifs is 1. The quantitative estimate of drug-likeness (QED) is 0.873. The summed E-state index contributed by atoms with van der Waals surface area (Å²) in [4.78, 5) is 12.5. The molecule has 1 aliphatic rings. The zero-order valence-corrected chi connectivity index (χ0v) is 15.3. The molecule has 1 amide bonds. The van der Waals surface area contributed by atoms with Crippen molar-refractivity contribution in [2.24, 2.45) is 0 Å². The van der Waals surface area contributed by atoms with Crippen molar-refractivity contribution in [1.82, 2.24) is 5.32 Å². The molecular weight excluding hydrogens is 355 g/mol. The summed E-state index contributed by atoms with van der Waals surface area (Å²) in [5, 5.41) is 2.92. The monoisotopic (exact) mass is 376 g/mol. The van der Waals surface area contributed by atoms with Crippen LogP contribution in [0.25, 0.3) is 0 Å². The molecule has 1 N–H and O–H groups in total. The average molecular weight is 376 g/mol. The van der Waals surface area contributed by atoms with Gasteiger partial charge in [0.15, 0.2) is 0 Å². The van der Waals surface area contributed by atoms with Gasteiger partial charge < -0.3 is 5.32 Å². The van der Waals surface area contributed by atoms with E-state index in [2.05, 4.69) is 5.32 Å². The summed E-state index contributed by atoms with van der Waals surface area (Å²) < 4.78 is 38.6. The Morgan fingerprint density at radius 1 is 1.23 bits per heavy atom. The molecule has 0 spiro atoms. The molecule has 26 heavy (non-hydrogen) atoms. The number of amides is 1. The van der Waals surface area contributed by atoms with Gasteiger partial charge in [0, 0.05) is 0 Å². The van der Waals surface area contributed by atoms with E-state index in [1.165, 1.54) is 23.8 Å². The van der Waals surface area contributed by atoms with Gasteiger partial charge in [-0.25, -0.2) is 12.8 Å². The lowest BCUT2D eigenvalue weighted by atomic mass is 9.88. The molecule has 1 atom stereocenters. The predicted octanol–water partition coefficient (Wildman–Crippen LogP) is 2.79. The third kappa shape index (κ3) is 4.22. The van der Waals surface area contributed by atoms with E-state index in [9.17, 15) is 17.6 Å². The summed E-state index contributed by atoms with van der Waals surface area (Å²) in [6.07, 6.45) is 3.74. The molecule has 0 saturated heterocycles. The van der Waals surface area contributed by atoms with E-state index in [1.54, 1.807) is 0 Å². The molecule has 3 rings (SSSR count). The van der Waals surface area contributed by atoms with Crippen molar-refractivity contribution in [2.45, 2.75) is 25.3 Å².